The highest BCUT2D eigenvalue weighted by molar-refractivity contribution is 7.11. The fraction of sp³-hybridized carbons (Fsp3) is 0.150. The molecule has 0 fully saturated rings. The lowest BCUT2D eigenvalue weighted by Crippen LogP contribution is -2.18. The van der Waals surface area contributed by atoms with Gasteiger partial charge in [-0.15, -0.1) is 11.3 Å². The topological polar surface area (TPSA) is 111 Å². The first-order valence-corrected chi connectivity index (χ1v) is 10.5. The summed E-state index contributed by atoms with van der Waals surface area (Å²) < 4.78 is 6.73. The standard InChI is InChI=1S/C20H17ClN6O3S/c1-11(2)30-20(29)25-13-8-23-19-26-16(10-27(19)9-13)14-7-12(3-4-15(14)21)24-17(28)18-22-5-6-31-18/h3-11H,1-2H3,(H,24,28)(H,25,29). The lowest BCUT2D eigenvalue weighted by molar-refractivity contribution is 0.102. The maximum Gasteiger partial charge on any atom is 0.411 e. The molecule has 4 rings (SSSR count). The summed E-state index contributed by atoms with van der Waals surface area (Å²) in [6.07, 6.45) is 5.66. The van der Waals surface area contributed by atoms with E-state index in [-0.39, 0.29) is 12.0 Å². The molecule has 0 aliphatic carbocycles. The molecule has 2 N–H and O–H groups in total. The molecule has 1 aromatic carbocycles. The van der Waals surface area contributed by atoms with Crippen LogP contribution in [0.25, 0.3) is 17.0 Å². The van der Waals surface area contributed by atoms with Crippen LogP contribution < -0.4 is 10.6 Å². The van der Waals surface area contributed by atoms with E-state index in [1.165, 1.54) is 17.5 Å². The number of rotatable bonds is 5. The Morgan fingerprint density at radius 3 is 2.74 bits per heavy atom. The predicted octanol–water partition coefficient (Wildman–Crippen LogP) is 4.72. The molecule has 0 saturated carbocycles. The highest BCUT2D eigenvalue weighted by atomic mass is 35.5. The van der Waals surface area contributed by atoms with Crippen molar-refractivity contribution in [2.24, 2.45) is 0 Å². The summed E-state index contributed by atoms with van der Waals surface area (Å²) in [7, 11) is 0. The molecule has 31 heavy (non-hydrogen) atoms. The molecule has 3 heterocycles. The molecule has 158 valence electrons. The zero-order chi connectivity index (χ0) is 22.0. The van der Waals surface area contributed by atoms with Gasteiger partial charge in [0.05, 0.1) is 28.7 Å². The van der Waals surface area contributed by atoms with Crippen molar-refractivity contribution in [3.05, 3.63) is 58.4 Å². The van der Waals surface area contributed by atoms with E-state index in [4.69, 9.17) is 16.3 Å². The first kappa shape index (κ1) is 20.8. The molecular formula is C20H17ClN6O3S. The number of nitrogens with one attached hydrogen (secondary N) is 2. The van der Waals surface area contributed by atoms with Crippen LogP contribution in [0.1, 0.15) is 23.6 Å². The molecule has 3 aromatic heterocycles. The smallest absolute Gasteiger partial charge is 0.411 e. The molecule has 0 bridgehead atoms. The lowest BCUT2D eigenvalue weighted by atomic mass is 10.1. The van der Waals surface area contributed by atoms with E-state index < -0.39 is 6.09 Å². The first-order valence-electron chi connectivity index (χ1n) is 9.22. The number of nitrogens with zero attached hydrogens (tertiary/aromatic N) is 4. The number of carbonyl (C=O) groups is 2. The van der Waals surface area contributed by atoms with Crippen molar-refractivity contribution in [2.75, 3.05) is 10.6 Å². The summed E-state index contributed by atoms with van der Waals surface area (Å²) in [4.78, 5) is 36.8. The summed E-state index contributed by atoms with van der Waals surface area (Å²) in [6, 6.07) is 5.11. The highest BCUT2D eigenvalue weighted by Gasteiger charge is 2.14. The van der Waals surface area contributed by atoms with E-state index in [1.807, 2.05) is 0 Å². The predicted molar refractivity (Wildman–Crippen MR) is 119 cm³/mol. The summed E-state index contributed by atoms with van der Waals surface area (Å²) in [5, 5.41) is 7.99. The molecule has 0 unspecified atom stereocenters. The third-order valence-electron chi connectivity index (χ3n) is 4.03. The lowest BCUT2D eigenvalue weighted by Gasteiger charge is -2.09. The minimum atomic E-state index is -0.566. The number of imidazole rings is 1. The third-order valence-corrected chi connectivity index (χ3v) is 5.13. The van der Waals surface area contributed by atoms with Crippen molar-refractivity contribution < 1.29 is 14.3 Å². The molecule has 0 radical (unpaired) electrons. The second kappa shape index (κ2) is 8.70. The van der Waals surface area contributed by atoms with Crippen LogP contribution in [0.15, 0.2) is 48.4 Å². The van der Waals surface area contributed by atoms with Crippen molar-refractivity contribution in [2.45, 2.75) is 20.0 Å². The Morgan fingerprint density at radius 2 is 2.00 bits per heavy atom. The van der Waals surface area contributed by atoms with Gasteiger partial charge in [-0.2, -0.15) is 0 Å². The molecule has 0 spiro atoms. The molecule has 4 aromatic rings. The van der Waals surface area contributed by atoms with E-state index in [1.54, 1.807) is 60.4 Å². The quantitative estimate of drug-likeness (QED) is 0.449. The molecule has 0 atom stereocenters. The Hall–Kier alpha value is -3.50. The van der Waals surface area contributed by atoms with Crippen LogP contribution in [0, 0.1) is 0 Å². The highest BCUT2D eigenvalue weighted by Crippen LogP contribution is 2.30. The van der Waals surface area contributed by atoms with Crippen LogP contribution in [0.5, 0.6) is 0 Å². The largest absolute Gasteiger partial charge is 0.447 e. The number of hydrogen-bond donors (Lipinski definition) is 2. The Kier molecular flexibility index (Phi) is 5.83. The van der Waals surface area contributed by atoms with Gasteiger partial charge in [-0.25, -0.2) is 19.7 Å². The SMILES string of the molecule is CC(C)OC(=O)Nc1cnc2nc(-c3cc(NC(=O)c4nccs4)ccc3Cl)cn2c1. The average Bonchev–Trinajstić information content (AvgIpc) is 3.38. The average molecular weight is 457 g/mol. The van der Waals surface area contributed by atoms with Crippen molar-refractivity contribution in [3.63, 3.8) is 0 Å². The van der Waals surface area contributed by atoms with Crippen molar-refractivity contribution in [1.29, 1.82) is 0 Å². The third kappa shape index (κ3) is 4.81. The van der Waals surface area contributed by atoms with Gasteiger partial charge < -0.3 is 10.1 Å². The number of ether oxygens (including phenoxy) is 1. The zero-order valence-corrected chi connectivity index (χ0v) is 18.1. The summed E-state index contributed by atoms with van der Waals surface area (Å²) in [6.45, 7) is 3.53. The normalized spacial score (nSPS) is 11.0. The maximum absolute atomic E-state index is 12.3. The van der Waals surface area contributed by atoms with Gasteiger partial charge in [-0.3, -0.25) is 14.5 Å². The number of carbonyl (C=O) groups excluding carboxylic acids is 2. The molecular weight excluding hydrogens is 440 g/mol. The molecule has 0 aliphatic heterocycles. The van der Waals surface area contributed by atoms with Crippen LogP contribution in [0.2, 0.25) is 5.02 Å². The minimum Gasteiger partial charge on any atom is -0.447 e. The second-order valence-electron chi connectivity index (χ2n) is 6.74. The fourth-order valence-electron chi connectivity index (χ4n) is 2.76. The van der Waals surface area contributed by atoms with Gasteiger partial charge in [0.25, 0.3) is 5.91 Å². The van der Waals surface area contributed by atoms with Gasteiger partial charge in [-0.1, -0.05) is 11.6 Å². The number of aromatic nitrogens is 4. The zero-order valence-electron chi connectivity index (χ0n) is 16.5. The number of benzene rings is 1. The number of halogens is 1. The van der Waals surface area contributed by atoms with Crippen LogP contribution >= 0.6 is 22.9 Å². The Morgan fingerprint density at radius 1 is 1.16 bits per heavy atom. The Balaban J connectivity index is 1.59. The van der Waals surface area contributed by atoms with E-state index in [2.05, 4.69) is 25.6 Å². The number of anilines is 2. The number of hydrogen-bond acceptors (Lipinski definition) is 7. The number of thiazole rings is 1. The summed E-state index contributed by atoms with van der Waals surface area (Å²) in [5.41, 5.74) is 2.20. The molecule has 0 aliphatic rings. The molecule has 0 saturated heterocycles. The van der Waals surface area contributed by atoms with Gasteiger partial charge in [0, 0.05) is 35.2 Å². The van der Waals surface area contributed by atoms with Crippen LogP contribution in [0.4, 0.5) is 16.2 Å². The molecule has 9 nitrogen and oxygen atoms in total. The van der Waals surface area contributed by atoms with Crippen molar-refractivity contribution in [3.8, 4) is 11.3 Å². The van der Waals surface area contributed by atoms with Gasteiger partial charge in [0.15, 0.2) is 5.01 Å². The van der Waals surface area contributed by atoms with E-state index in [0.29, 0.717) is 38.4 Å². The summed E-state index contributed by atoms with van der Waals surface area (Å²) in [5.74, 6) is 0.120. The molecule has 2 amide bonds. The monoisotopic (exact) mass is 456 g/mol. The van der Waals surface area contributed by atoms with Crippen molar-refractivity contribution in [1.82, 2.24) is 19.4 Å². The van der Waals surface area contributed by atoms with Crippen LogP contribution in [0.3, 0.4) is 0 Å². The van der Waals surface area contributed by atoms with E-state index in [9.17, 15) is 9.59 Å². The number of fused-ring (bicyclic) bond motifs is 1. The van der Waals surface area contributed by atoms with E-state index in [0.717, 1.165) is 0 Å². The van der Waals surface area contributed by atoms with Crippen LogP contribution in [-0.4, -0.2) is 37.5 Å². The van der Waals surface area contributed by atoms with E-state index >= 15 is 0 Å². The molecule has 11 heteroatoms. The Bertz CT molecular complexity index is 1260. The summed E-state index contributed by atoms with van der Waals surface area (Å²) >= 11 is 7.63. The van der Waals surface area contributed by atoms with Gasteiger partial charge in [0.2, 0.25) is 5.78 Å². The first-order chi connectivity index (χ1) is 14.9. The van der Waals surface area contributed by atoms with Crippen molar-refractivity contribution >= 4 is 52.1 Å². The number of amides is 2. The van der Waals surface area contributed by atoms with Gasteiger partial charge in [-0.05, 0) is 32.0 Å². The Labute approximate surface area is 186 Å². The minimum absolute atomic E-state index is 0.234. The maximum atomic E-state index is 12.3. The van der Waals surface area contributed by atoms with Crippen LogP contribution in [-0.2, 0) is 4.74 Å². The second-order valence-corrected chi connectivity index (χ2v) is 8.04. The van der Waals surface area contributed by atoms with Gasteiger partial charge in [0.1, 0.15) is 0 Å². The fourth-order valence-corrected chi connectivity index (χ4v) is 3.50. The van der Waals surface area contributed by atoms with Gasteiger partial charge >= 0.3 is 6.09 Å².